The van der Waals surface area contributed by atoms with Gasteiger partial charge in [-0.3, -0.25) is 19.2 Å². The minimum Gasteiger partial charge on any atom is -0.493 e. The summed E-state index contributed by atoms with van der Waals surface area (Å²) in [6.07, 6.45) is 4.27. The van der Waals surface area contributed by atoms with E-state index in [-0.39, 0.29) is 35.7 Å². The predicted molar refractivity (Wildman–Crippen MR) is 236 cm³/mol. The van der Waals surface area contributed by atoms with Crippen molar-refractivity contribution in [2.45, 2.75) is 76.5 Å². The number of para-hydroxylation sites is 2. The molecule has 318 valence electrons. The first-order chi connectivity index (χ1) is 29.0. The van der Waals surface area contributed by atoms with Gasteiger partial charge in [0.15, 0.2) is 0 Å². The third kappa shape index (κ3) is 10.7. The summed E-state index contributed by atoms with van der Waals surface area (Å²) in [6, 6.07) is 29.0. The van der Waals surface area contributed by atoms with E-state index in [9.17, 15) is 19.2 Å². The van der Waals surface area contributed by atoms with Crippen LogP contribution in [-0.4, -0.2) is 122 Å². The minimum absolute atomic E-state index is 0.0462. The molecule has 12 nitrogen and oxygen atoms in total. The molecule has 4 aromatic carbocycles. The lowest BCUT2D eigenvalue weighted by molar-refractivity contribution is -0.120. The van der Waals surface area contributed by atoms with Gasteiger partial charge in [-0.2, -0.15) is 0 Å². The van der Waals surface area contributed by atoms with Crippen LogP contribution in [0.15, 0.2) is 97.1 Å². The summed E-state index contributed by atoms with van der Waals surface area (Å²) < 4.78 is 11.8. The number of rotatable bonds is 17. The molecule has 4 aromatic rings. The van der Waals surface area contributed by atoms with Gasteiger partial charge >= 0.3 is 0 Å². The van der Waals surface area contributed by atoms with Crippen molar-refractivity contribution in [3.05, 3.63) is 119 Å². The van der Waals surface area contributed by atoms with Gasteiger partial charge in [-0.05, 0) is 126 Å². The molecule has 2 heterocycles. The first-order valence-electron chi connectivity index (χ1n) is 21.1. The smallest absolute Gasteiger partial charge is 0.258 e. The Bertz CT molecular complexity index is 1940. The molecule has 0 aromatic heterocycles. The average molecular weight is 817 g/mol. The van der Waals surface area contributed by atoms with E-state index in [2.05, 4.69) is 20.4 Å². The van der Waals surface area contributed by atoms with Gasteiger partial charge in [-0.15, -0.1) is 0 Å². The van der Waals surface area contributed by atoms with Crippen LogP contribution in [0.4, 0.5) is 11.4 Å². The molecule has 2 N–H and O–H groups in total. The van der Waals surface area contributed by atoms with Gasteiger partial charge in [-0.25, -0.2) is 0 Å². The fourth-order valence-electron chi connectivity index (χ4n) is 7.84. The number of anilines is 2. The van der Waals surface area contributed by atoms with E-state index in [0.29, 0.717) is 73.1 Å². The van der Waals surface area contributed by atoms with E-state index in [0.717, 1.165) is 36.8 Å². The largest absolute Gasteiger partial charge is 0.493 e. The highest BCUT2D eigenvalue weighted by Gasteiger charge is 2.42. The molecule has 0 aliphatic carbocycles. The van der Waals surface area contributed by atoms with Gasteiger partial charge in [0.25, 0.3) is 11.8 Å². The third-order valence-corrected chi connectivity index (χ3v) is 11.4. The highest BCUT2D eigenvalue weighted by molar-refractivity contribution is 6.04. The van der Waals surface area contributed by atoms with Crippen LogP contribution in [0.25, 0.3) is 0 Å². The first-order valence-corrected chi connectivity index (χ1v) is 21.1. The number of benzene rings is 4. The third-order valence-electron chi connectivity index (χ3n) is 11.4. The van der Waals surface area contributed by atoms with E-state index >= 15 is 0 Å². The van der Waals surface area contributed by atoms with Gasteiger partial charge in [0, 0.05) is 36.5 Å². The van der Waals surface area contributed by atoms with Gasteiger partial charge in [0.1, 0.15) is 23.6 Å². The molecule has 2 fully saturated rings. The standard InChI is InChI=1S/C48H60N6O6/c1-7-27-59-43-15-11-9-13-39(43)47(57)53-31-37(51(3)4)29-41(53)45(55)49-35-23-19-33(20-24-35)17-18-34-21-25-36(26-22-34)50-46(56)42-30-38(52(5)6)32-54(42)48(58)40-14-10-12-16-44(40)60-28-8-2/h9-16,19-26,37-38,41-42H,7-8,17-18,27-32H2,1-6H3,(H,49,55)(H,50,56)/t37-,38-,41-,42-/m0/s1. The normalized spacial score (nSPS) is 18.8. The van der Waals surface area contributed by atoms with Crippen LogP contribution in [0.3, 0.4) is 0 Å². The van der Waals surface area contributed by atoms with Crippen LogP contribution >= 0.6 is 0 Å². The van der Waals surface area contributed by atoms with Gasteiger partial charge < -0.3 is 39.7 Å². The number of hydrogen-bond donors (Lipinski definition) is 2. The number of likely N-dealkylation sites (tertiary alicyclic amines) is 2. The number of amides is 4. The number of hydrogen-bond acceptors (Lipinski definition) is 8. The summed E-state index contributed by atoms with van der Waals surface area (Å²) >= 11 is 0. The van der Waals surface area contributed by atoms with Gasteiger partial charge in [-0.1, -0.05) is 62.4 Å². The molecule has 0 bridgehead atoms. The molecule has 4 atom stereocenters. The Morgan fingerprint density at radius 3 is 1.28 bits per heavy atom. The van der Waals surface area contributed by atoms with Crippen LogP contribution in [0, 0.1) is 0 Å². The SMILES string of the molecule is CCCOc1ccccc1C(=O)N1C[C@@H](N(C)C)C[C@H]1C(=O)Nc1ccc(CCc2ccc(NC(=O)[C@@H]3C[C@H](N(C)C)CN3C(=O)c3ccccc3OCCC)cc2)cc1. The maximum absolute atomic E-state index is 13.9. The second-order valence-electron chi connectivity index (χ2n) is 16.2. The predicted octanol–water partition coefficient (Wildman–Crippen LogP) is 6.62. The quantitative estimate of drug-likeness (QED) is 0.122. The van der Waals surface area contributed by atoms with Crippen LogP contribution in [0.5, 0.6) is 11.5 Å². The molecule has 0 unspecified atom stereocenters. The molecular formula is C48H60N6O6. The lowest BCUT2D eigenvalue weighted by atomic mass is 10.0. The number of likely N-dealkylation sites (N-methyl/N-ethyl adjacent to an activating group) is 2. The molecule has 0 spiro atoms. The topological polar surface area (TPSA) is 124 Å². The van der Waals surface area contributed by atoms with Gasteiger partial charge in [0.05, 0.1) is 24.3 Å². The zero-order valence-corrected chi connectivity index (χ0v) is 35.9. The summed E-state index contributed by atoms with van der Waals surface area (Å²) in [5.41, 5.74) is 4.50. The van der Waals surface area contributed by atoms with E-state index in [1.807, 2.05) is 115 Å². The fraction of sp³-hybridized carbons (Fsp3) is 0.417. The maximum Gasteiger partial charge on any atom is 0.258 e. The number of nitrogens with one attached hydrogen (secondary N) is 2. The second-order valence-corrected chi connectivity index (χ2v) is 16.2. The summed E-state index contributed by atoms with van der Waals surface area (Å²) in [6.45, 7) is 5.94. The number of carbonyl (C=O) groups excluding carboxylic acids is 4. The first kappa shape index (κ1) is 43.8. The molecular weight excluding hydrogens is 757 g/mol. The highest BCUT2D eigenvalue weighted by Crippen LogP contribution is 2.30. The maximum atomic E-state index is 13.9. The van der Waals surface area contributed by atoms with Crippen molar-refractivity contribution < 1.29 is 28.7 Å². The Balaban J connectivity index is 1.04. The van der Waals surface area contributed by atoms with Crippen molar-refractivity contribution in [1.29, 1.82) is 0 Å². The second kappa shape index (κ2) is 20.5. The Morgan fingerprint density at radius 2 is 0.933 bits per heavy atom. The average Bonchev–Trinajstić information content (AvgIpc) is 3.92. The molecule has 2 saturated heterocycles. The molecule has 6 rings (SSSR count). The van der Waals surface area contributed by atoms with Crippen LogP contribution in [0.1, 0.15) is 71.4 Å². The molecule has 60 heavy (non-hydrogen) atoms. The van der Waals surface area contributed by atoms with E-state index in [4.69, 9.17) is 9.47 Å². The summed E-state index contributed by atoms with van der Waals surface area (Å²) in [5, 5.41) is 6.12. The Labute approximate surface area is 354 Å². The van der Waals surface area contributed by atoms with E-state index < -0.39 is 12.1 Å². The van der Waals surface area contributed by atoms with E-state index in [1.54, 1.807) is 34.1 Å². The van der Waals surface area contributed by atoms with Crippen molar-refractivity contribution in [2.75, 3.05) is 65.1 Å². The molecule has 0 saturated carbocycles. The summed E-state index contributed by atoms with van der Waals surface area (Å²) in [7, 11) is 7.88. The summed E-state index contributed by atoms with van der Waals surface area (Å²) in [5.74, 6) is 0.213. The van der Waals surface area contributed by atoms with Crippen molar-refractivity contribution in [2.24, 2.45) is 0 Å². The number of aryl methyl sites for hydroxylation is 2. The molecule has 2 aliphatic rings. The van der Waals surface area contributed by atoms with Gasteiger partial charge in [0.2, 0.25) is 11.8 Å². The lowest BCUT2D eigenvalue weighted by Gasteiger charge is -2.25. The molecule has 12 heteroatoms. The minimum atomic E-state index is -0.626. The zero-order valence-electron chi connectivity index (χ0n) is 35.9. The van der Waals surface area contributed by atoms with Crippen molar-refractivity contribution in [1.82, 2.24) is 19.6 Å². The Kier molecular flexibility index (Phi) is 15.0. The Hall–Kier alpha value is -5.72. The Morgan fingerprint density at radius 1 is 0.567 bits per heavy atom. The molecule has 2 aliphatic heterocycles. The van der Waals surface area contributed by atoms with Crippen molar-refractivity contribution >= 4 is 35.0 Å². The van der Waals surface area contributed by atoms with Crippen LogP contribution < -0.4 is 20.1 Å². The number of carbonyl (C=O) groups is 4. The van der Waals surface area contributed by atoms with E-state index in [1.165, 1.54) is 0 Å². The van der Waals surface area contributed by atoms with Crippen molar-refractivity contribution in [3.8, 4) is 11.5 Å². The zero-order chi connectivity index (χ0) is 42.8. The lowest BCUT2D eigenvalue weighted by Crippen LogP contribution is -2.43. The fourth-order valence-corrected chi connectivity index (χ4v) is 7.84. The number of nitrogens with zero attached hydrogens (tertiary/aromatic N) is 4. The highest BCUT2D eigenvalue weighted by atomic mass is 16.5. The van der Waals surface area contributed by atoms with Crippen molar-refractivity contribution in [3.63, 3.8) is 0 Å². The summed E-state index contributed by atoms with van der Waals surface area (Å²) in [4.78, 5) is 62.7. The monoisotopic (exact) mass is 816 g/mol. The van der Waals surface area contributed by atoms with Crippen LogP contribution in [0.2, 0.25) is 0 Å². The molecule has 4 amide bonds. The number of ether oxygens (including phenoxy) is 2. The van der Waals surface area contributed by atoms with Crippen LogP contribution in [-0.2, 0) is 22.4 Å². The molecule has 0 radical (unpaired) electrons.